The quantitative estimate of drug-likeness (QED) is 0.803. The summed E-state index contributed by atoms with van der Waals surface area (Å²) in [6.07, 6.45) is 5.01. The number of imidazole rings is 1. The Labute approximate surface area is 139 Å². The molecule has 3 rings (SSSR count). The Morgan fingerprint density at radius 3 is 2.71 bits per heavy atom. The summed E-state index contributed by atoms with van der Waals surface area (Å²) in [6.45, 7) is 3.93. The van der Waals surface area contributed by atoms with Gasteiger partial charge < -0.3 is 9.88 Å². The largest absolute Gasteiger partial charge is 0.348 e. The molecule has 0 atom stereocenters. The van der Waals surface area contributed by atoms with E-state index >= 15 is 0 Å². The number of carbonyl (C=O) groups excluding carboxylic acids is 1. The van der Waals surface area contributed by atoms with E-state index in [9.17, 15) is 9.18 Å². The van der Waals surface area contributed by atoms with Gasteiger partial charge in [-0.05, 0) is 49.7 Å². The lowest BCUT2D eigenvalue weighted by Crippen LogP contribution is -2.23. The molecule has 1 amide bonds. The average Bonchev–Trinajstić information content (AvgIpc) is 2.99. The molecule has 3 aromatic rings. The van der Waals surface area contributed by atoms with Crippen LogP contribution in [0.25, 0.3) is 5.69 Å². The average molecular weight is 324 g/mol. The van der Waals surface area contributed by atoms with Crippen molar-refractivity contribution in [1.82, 2.24) is 19.9 Å². The number of hydrogen-bond donors (Lipinski definition) is 1. The number of amides is 1. The first kappa shape index (κ1) is 15.9. The summed E-state index contributed by atoms with van der Waals surface area (Å²) in [6, 6.07) is 7.98. The molecule has 2 aromatic heterocycles. The third kappa shape index (κ3) is 3.32. The summed E-state index contributed by atoms with van der Waals surface area (Å²) in [5.41, 5.74) is 2.77. The van der Waals surface area contributed by atoms with Gasteiger partial charge in [-0.25, -0.2) is 9.37 Å². The van der Waals surface area contributed by atoms with E-state index in [1.807, 2.05) is 18.4 Å². The van der Waals surface area contributed by atoms with Gasteiger partial charge >= 0.3 is 0 Å². The molecule has 0 aliphatic carbocycles. The molecule has 24 heavy (non-hydrogen) atoms. The van der Waals surface area contributed by atoms with Crippen molar-refractivity contribution in [2.75, 3.05) is 0 Å². The summed E-state index contributed by atoms with van der Waals surface area (Å²) in [4.78, 5) is 20.5. The first-order chi connectivity index (χ1) is 11.5. The molecule has 6 heteroatoms. The number of aromatic nitrogens is 3. The second-order valence-electron chi connectivity index (χ2n) is 5.49. The highest BCUT2D eigenvalue weighted by atomic mass is 19.1. The SMILES string of the molecule is Cc1ccc(C(=O)NCc2cc(F)ccc2-n2ccnc2C)cn1. The van der Waals surface area contributed by atoms with Crippen LogP contribution in [0.15, 0.2) is 48.9 Å². The number of aryl methyl sites for hydroxylation is 2. The zero-order valence-electron chi connectivity index (χ0n) is 13.5. The van der Waals surface area contributed by atoms with Crippen LogP contribution in [0.5, 0.6) is 0 Å². The van der Waals surface area contributed by atoms with Gasteiger partial charge in [0, 0.05) is 30.8 Å². The van der Waals surface area contributed by atoms with Crippen molar-refractivity contribution in [1.29, 1.82) is 0 Å². The van der Waals surface area contributed by atoms with Crippen LogP contribution in [-0.2, 0) is 6.54 Å². The van der Waals surface area contributed by atoms with E-state index in [1.54, 1.807) is 30.6 Å². The van der Waals surface area contributed by atoms with E-state index < -0.39 is 0 Å². The number of nitrogens with zero attached hydrogens (tertiary/aromatic N) is 3. The monoisotopic (exact) mass is 324 g/mol. The molecule has 5 nitrogen and oxygen atoms in total. The third-order valence-electron chi connectivity index (χ3n) is 3.74. The molecular formula is C18H17FN4O. The van der Waals surface area contributed by atoms with Crippen molar-refractivity contribution in [2.45, 2.75) is 20.4 Å². The first-order valence-electron chi connectivity index (χ1n) is 7.54. The molecule has 122 valence electrons. The third-order valence-corrected chi connectivity index (χ3v) is 3.74. The molecule has 0 saturated heterocycles. The van der Waals surface area contributed by atoms with Crippen molar-refractivity contribution in [2.24, 2.45) is 0 Å². The minimum Gasteiger partial charge on any atom is -0.348 e. The van der Waals surface area contributed by atoms with E-state index in [0.29, 0.717) is 11.1 Å². The van der Waals surface area contributed by atoms with Crippen LogP contribution in [0.2, 0.25) is 0 Å². The molecule has 0 saturated carbocycles. The zero-order chi connectivity index (χ0) is 17.1. The lowest BCUT2D eigenvalue weighted by molar-refractivity contribution is 0.0950. The number of nitrogens with one attached hydrogen (secondary N) is 1. The second kappa shape index (κ2) is 6.62. The zero-order valence-corrected chi connectivity index (χ0v) is 13.5. The van der Waals surface area contributed by atoms with Crippen LogP contribution < -0.4 is 5.32 Å². The molecule has 1 aromatic carbocycles. The number of halogens is 1. The summed E-state index contributed by atoms with van der Waals surface area (Å²) in [7, 11) is 0. The Morgan fingerprint density at radius 2 is 2.04 bits per heavy atom. The van der Waals surface area contributed by atoms with Crippen LogP contribution in [0.1, 0.15) is 27.4 Å². The van der Waals surface area contributed by atoms with E-state index in [4.69, 9.17) is 0 Å². The molecule has 2 heterocycles. The molecule has 0 spiro atoms. The van der Waals surface area contributed by atoms with Gasteiger partial charge in [-0.2, -0.15) is 0 Å². The molecule has 0 fully saturated rings. The molecule has 0 unspecified atom stereocenters. The number of pyridine rings is 1. The van der Waals surface area contributed by atoms with Crippen LogP contribution >= 0.6 is 0 Å². The minimum absolute atomic E-state index is 0.206. The standard InChI is InChI=1S/C18H17FN4O/c1-12-3-4-14(10-21-12)18(24)22-11-15-9-16(19)5-6-17(15)23-8-7-20-13(23)2/h3-10H,11H2,1-2H3,(H,22,24). The van der Waals surface area contributed by atoms with Gasteiger partial charge in [-0.1, -0.05) is 0 Å². The Morgan fingerprint density at radius 1 is 1.21 bits per heavy atom. The topological polar surface area (TPSA) is 59.8 Å². The molecule has 1 N–H and O–H groups in total. The summed E-state index contributed by atoms with van der Waals surface area (Å²) in [5, 5.41) is 2.80. The molecular weight excluding hydrogens is 307 g/mol. The van der Waals surface area contributed by atoms with Crippen LogP contribution in [0.4, 0.5) is 4.39 Å². The molecule has 0 radical (unpaired) electrons. The smallest absolute Gasteiger partial charge is 0.253 e. The van der Waals surface area contributed by atoms with Crippen LogP contribution in [0.3, 0.4) is 0 Å². The number of carbonyl (C=O) groups is 1. The maximum Gasteiger partial charge on any atom is 0.253 e. The lowest BCUT2D eigenvalue weighted by atomic mass is 10.1. The Kier molecular flexibility index (Phi) is 4.37. The van der Waals surface area contributed by atoms with Crippen molar-refractivity contribution in [3.05, 3.63) is 77.4 Å². The highest BCUT2D eigenvalue weighted by molar-refractivity contribution is 5.93. The van der Waals surface area contributed by atoms with Gasteiger partial charge in [0.05, 0.1) is 11.3 Å². The minimum atomic E-state index is -0.349. The number of rotatable bonds is 4. The highest BCUT2D eigenvalue weighted by Crippen LogP contribution is 2.18. The fourth-order valence-electron chi connectivity index (χ4n) is 2.44. The van der Waals surface area contributed by atoms with Gasteiger partial charge in [-0.3, -0.25) is 9.78 Å². The van der Waals surface area contributed by atoms with E-state index in [1.165, 1.54) is 18.3 Å². The van der Waals surface area contributed by atoms with Crippen molar-refractivity contribution in [3.63, 3.8) is 0 Å². The van der Waals surface area contributed by atoms with E-state index in [-0.39, 0.29) is 18.3 Å². The van der Waals surface area contributed by atoms with E-state index in [0.717, 1.165) is 17.2 Å². The fraction of sp³-hybridized carbons (Fsp3) is 0.167. The second-order valence-corrected chi connectivity index (χ2v) is 5.49. The Hall–Kier alpha value is -3.02. The molecule has 0 bridgehead atoms. The normalized spacial score (nSPS) is 10.6. The highest BCUT2D eigenvalue weighted by Gasteiger charge is 2.11. The lowest BCUT2D eigenvalue weighted by Gasteiger charge is -2.13. The van der Waals surface area contributed by atoms with Gasteiger partial charge in [0.2, 0.25) is 0 Å². The van der Waals surface area contributed by atoms with Gasteiger partial charge in [0.1, 0.15) is 11.6 Å². The predicted molar refractivity (Wildman–Crippen MR) is 88.4 cm³/mol. The molecule has 0 aliphatic rings. The van der Waals surface area contributed by atoms with E-state index in [2.05, 4.69) is 15.3 Å². The predicted octanol–water partition coefficient (Wildman–Crippen LogP) is 2.95. The maximum atomic E-state index is 13.6. The van der Waals surface area contributed by atoms with Crippen LogP contribution in [0, 0.1) is 19.7 Å². The van der Waals surface area contributed by atoms with Crippen molar-refractivity contribution in [3.8, 4) is 5.69 Å². The van der Waals surface area contributed by atoms with Gasteiger partial charge in [0.25, 0.3) is 5.91 Å². The van der Waals surface area contributed by atoms with Crippen molar-refractivity contribution < 1.29 is 9.18 Å². The van der Waals surface area contributed by atoms with Gasteiger partial charge in [-0.15, -0.1) is 0 Å². The van der Waals surface area contributed by atoms with Crippen LogP contribution in [-0.4, -0.2) is 20.4 Å². The fourth-order valence-corrected chi connectivity index (χ4v) is 2.44. The molecule has 0 aliphatic heterocycles. The maximum absolute atomic E-state index is 13.6. The first-order valence-corrected chi connectivity index (χ1v) is 7.54. The number of hydrogen-bond acceptors (Lipinski definition) is 3. The Bertz CT molecular complexity index is 871. The summed E-state index contributed by atoms with van der Waals surface area (Å²) in [5.74, 6) is 0.190. The Balaban J connectivity index is 1.82. The van der Waals surface area contributed by atoms with Crippen molar-refractivity contribution >= 4 is 5.91 Å². The summed E-state index contributed by atoms with van der Waals surface area (Å²) >= 11 is 0. The summed E-state index contributed by atoms with van der Waals surface area (Å²) < 4.78 is 15.5. The van der Waals surface area contributed by atoms with Gasteiger partial charge in [0.15, 0.2) is 0 Å². The number of benzene rings is 1.